The maximum Gasteiger partial charge on any atom is 0.435 e. The fourth-order valence-electron chi connectivity index (χ4n) is 2.94. The van der Waals surface area contributed by atoms with Gasteiger partial charge in [-0.1, -0.05) is 29.5 Å². The van der Waals surface area contributed by atoms with E-state index in [1.54, 1.807) is 25.1 Å². The van der Waals surface area contributed by atoms with Gasteiger partial charge in [-0.15, -0.1) is 0 Å². The summed E-state index contributed by atoms with van der Waals surface area (Å²) in [5, 5.41) is 0. The van der Waals surface area contributed by atoms with Crippen LogP contribution in [0.1, 0.15) is 16.7 Å². The van der Waals surface area contributed by atoms with Crippen LogP contribution in [0.2, 0.25) is 0 Å². The number of thiazole rings is 1. The van der Waals surface area contributed by atoms with Crippen LogP contribution in [0, 0.1) is 6.92 Å². The van der Waals surface area contributed by atoms with Gasteiger partial charge in [-0.3, -0.25) is 9.36 Å². The summed E-state index contributed by atoms with van der Waals surface area (Å²) in [6.07, 6.45) is -12.4. The molecule has 29 heavy (non-hydrogen) atoms. The van der Waals surface area contributed by atoms with Gasteiger partial charge in [-0.2, -0.15) is 26.3 Å². The lowest BCUT2D eigenvalue weighted by molar-refractivity contribution is -0.348. The number of hydrogen-bond donors (Lipinski definition) is 1. The largest absolute Gasteiger partial charge is 0.435 e. The molecule has 11 heteroatoms. The summed E-state index contributed by atoms with van der Waals surface area (Å²) < 4.78 is 93.0. The highest BCUT2D eigenvalue weighted by atomic mass is 32.1. The Bertz CT molecular complexity index is 1110. The van der Waals surface area contributed by atoms with E-state index < -0.39 is 28.5 Å². The number of nitrogens with two attached hydrogens (primary N) is 1. The zero-order valence-electron chi connectivity index (χ0n) is 14.7. The van der Waals surface area contributed by atoms with E-state index in [2.05, 4.69) is 0 Å². The molecule has 3 rings (SSSR count). The molecule has 1 aromatic heterocycles. The summed E-state index contributed by atoms with van der Waals surface area (Å²) in [4.78, 5) is 11.7. The molecule has 0 atom stereocenters. The Balaban J connectivity index is 2.11. The third kappa shape index (κ3) is 3.47. The van der Waals surface area contributed by atoms with Crippen molar-refractivity contribution in [3.05, 3.63) is 62.8 Å². The predicted octanol–water partition coefficient (Wildman–Crippen LogP) is 5.29. The molecule has 2 N–H and O–H groups in total. The minimum Gasteiger partial charge on any atom is -0.399 e. The van der Waals surface area contributed by atoms with Crippen molar-refractivity contribution in [2.45, 2.75) is 31.5 Å². The SMILES string of the molecule is Cc1cc(Cn2c(=O)sc3cc(C(F)(C(F)(F)F)C(F)(F)F)ccc32)ccc1N. The normalized spacial score (nSPS) is 13.2. The number of rotatable bonds is 3. The van der Waals surface area contributed by atoms with Crippen molar-refractivity contribution in [2.75, 3.05) is 5.73 Å². The number of nitrogens with zero attached hydrogens (tertiary/aromatic N) is 1. The van der Waals surface area contributed by atoms with Crippen molar-refractivity contribution in [1.29, 1.82) is 0 Å². The van der Waals surface area contributed by atoms with Crippen molar-refractivity contribution >= 4 is 27.2 Å². The second-order valence-electron chi connectivity index (χ2n) is 6.48. The molecular weight excluding hydrogens is 425 g/mol. The highest BCUT2D eigenvalue weighted by Crippen LogP contribution is 2.53. The molecule has 0 fully saturated rings. The molecule has 3 aromatic rings. The Kier molecular flexibility index (Phi) is 4.93. The highest BCUT2D eigenvalue weighted by Gasteiger charge is 2.73. The number of anilines is 1. The van der Waals surface area contributed by atoms with E-state index in [4.69, 9.17) is 5.73 Å². The highest BCUT2D eigenvalue weighted by molar-refractivity contribution is 7.16. The molecule has 2 aromatic carbocycles. The van der Waals surface area contributed by atoms with E-state index in [-0.39, 0.29) is 16.8 Å². The molecule has 0 spiro atoms. The van der Waals surface area contributed by atoms with Crippen LogP contribution in [0.25, 0.3) is 10.2 Å². The zero-order chi connectivity index (χ0) is 21.8. The second-order valence-corrected chi connectivity index (χ2v) is 7.47. The van der Waals surface area contributed by atoms with E-state index >= 15 is 0 Å². The van der Waals surface area contributed by atoms with Gasteiger partial charge < -0.3 is 5.73 Å². The topological polar surface area (TPSA) is 48.0 Å². The average Bonchev–Trinajstić information content (AvgIpc) is 2.90. The number of aromatic nitrogens is 1. The van der Waals surface area contributed by atoms with E-state index in [1.165, 1.54) is 4.57 Å². The Labute approximate surface area is 163 Å². The monoisotopic (exact) mass is 438 g/mol. The lowest BCUT2D eigenvalue weighted by Crippen LogP contribution is -2.50. The zero-order valence-corrected chi connectivity index (χ0v) is 15.5. The van der Waals surface area contributed by atoms with Gasteiger partial charge in [0.15, 0.2) is 0 Å². The Morgan fingerprint density at radius 2 is 1.59 bits per heavy atom. The van der Waals surface area contributed by atoms with E-state index in [0.29, 0.717) is 34.7 Å². The van der Waals surface area contributed by atoms with Crippen molar-refractivity contribution in [3.8, 4) is 0 Å². The summed E-state index contributed by atoms with van der Waals surface area (Å²) in [7, 11) is 0. The molecule has 0 aliphatic heterocycles. The van der Waals surface area contributed by atoms with Gasteiger partial charge in [0.1, 0.15) is 0 Å². The van der Waals surface area contributed by atoms with Crippen LogP contribution < -0.4 is 10.6 Å². The summed E-state index contributed by atoms with van der Waals surface area (Å²) in [5.74, 6) is 0. The molecule has 0 unspecified atom stereocenters. The molecule has 3 nitrogen and oxygen atoms in total. The Morgan fingerprint density at radius 3 is 2.14 bits per heavy atom. The number of hydrogen-bond acceptors (Lipinski definition) is 3. The summed E-state index contributed by atoms with van der Waals surface area (Å²) in [5.41, 5.74) is 0.594. The number of aryl methyl sites for hydroxylation is 1. The fourth-order valence-corrected chi connectivity index (χ4v) is 3.87. The van der Waals surface area contributed by atoms with Crippen molar-refractivity contribution in [2.24, 2.45) is 0 Å². The maximum atomic E-state index is 14.3. The molecule has 0 saturated carbocycles. The predicted molar refractivity (Wildman–Crippen MR) is 95.7 cm³/mol. The molecule has 0 saturated heterocycles. The molecule has 0 bridgehead atoms. The van der Waals surface area contributed by atoms with Crippen LogP contribution in [-0.4, -0.2) is 16.9 Å². The van der Waals surface area contributed by atoms with Gasteiger partial charge in [-0.25, -0.2) is 4.39 Å². The first-order chi connectivity index (χ1) is 13.3. The lowest BCUT2D eigenvalue weighted by Gasteiger charge is -2.30. The number of halogens is 7. The second kappa shape index (κ2) is 6.75. The third-order valence-electron chi connectivity index (χ3n) is 4.52. The van der Waals surface area contributed by atoms with Gasteiger partial charge in [0.2, 0.25) is 0 Å². The van der Waals surface area contributed by atoms with Crippen LogP contribution in [0.15, 0.2) is 41.2 Å². The average molecular weight is 438 g/mol. The lowest BCUT2D eigenvalue weighted by atomic mass is 9.94. The van der Waals surface area contributed by atoms with Gasteiger partial charge >= 0.3 is 22.9 Å². The summed E-state index contributed by atoms with van der Waals surface area (Å²) in [6.45, 7) is 1.77. The van der Waals surface area contributed by atoms with Crippen molar-refractivity contribution in [3.63, 3.8) is 0 Å². The van der Waals surface area contributed by atoms with Gasteiger partial charge in [-0.05, 0) is 36.2 Å². The molecule has 0 aliphatic carbocycles. The number of alkyl halides is 7. The van der Waals surface area contributed by atoms with Crippen LogP contribution in [0.4, 0.5) is 36.4 Å². The standard InChI is InChI=1S/C18H13F7N2OS/c1-9-6-10(2-4-12(9)26)8-27-13-5-3-11(7-14(13)29-15(27)28)16(19,17(20,21)22)18(23,24)25/h2-7H,8,26H2,1H3. The molecule has 1 heterocycles. The maximum absolute atomic E-state index is 14.3. The van der Waals surface area contributed by atoms with Crippen LogP contribution in [0.3, 0.4) is 0 Å². The van der Waals surface area contributed by atoms with E-state index in [0.717, 1.165) is 11.6 Å². The molecule has 0 aliphatic rings. The minimum absolute atomic E-state index is 0.0264. The summed E-state index contributed by atoms with van der Waals surface area (Å²) in [6, 6.07) is 6.68. The van der Waals surface area contributed by atoms with E-state index in [9.17, 15) is 35.5 Å². The smallest absolute Gasteiger partial charge is 0.399 e. The molecular formula is C18H13F7N2OS. The number of fused-ring (bicyclic) bond motifs is 1. The first-order valence-corrected chi connectivity index (χ1v) is 8.88. The van der Waals surface area contributed by atoms with Gasteiger partial charge in [0, 0.05) is 11.3 Å². The van der Waals surface area contributed by atoms with Gasteiger partial charge in [0.05, 0.1) is 16.8 Å². The Morgan fingerprint density at radius 1 is 0.966 bits per heavy atom. The Hall–Kier alpha value is -2.56. The first-order valence-electron chi connectivity index (χ1n) is 8.07. The molecule has 0 radical (unpaired) electrons. The molecule has 156 valence electrons. The van der Waals surface area contributed by atoms with Crippen molar-refractivity contribution < 1.29 is 30.7 Å². The fraction of sp³-hybridized carbons (Fsp3) is 0.278. The van der Waals surface area contributed by atoms with Gasteiger partial charge in [0.25, 0.3) is 0 Å². The van der Waals surface area contributed by atoms with Crippen molar-refractivity contribution in [1.82, 2.24) is 4.57 Å². The van der Waals surface area contributed by atoms with Crippen LogP contribution in [-0.2, 0) is 12.2 Å². The summed E-state index contributed by atoms with van der Waals surface area (Å²) >= 11 is 0.438. The van der Waals surface area contributed by atoms with Crippen LogP contribution in [0.5, 0.6) is 0 Å². The van der Waals surface area contributed by atoms with E-state index in [1.807, 2.05) is 0 Å². The quantitative estimate of drug-likeness (QED) is 0.446. The van der Waals surface area contributed by atoms with Crippen LogP contribution >= 0.6 is 11.3 Å². The number of benzene rings is 2. The molecule has 0 amide bonds. The third-order valence-corrected chi connectivity index (χ3v) is 5.46. The number of nitrogen functional groups attached to an aromatic ring is 1. The first kappa shape index (κ1) is 21.2. The minimum atomic E-state index is -6.21.